The fraction of sp³-hybridized carbons (Fsp3) is 0.208. The lowest BCUT2D eigenvalue weighted by atomic mass is 10.2. The lowest BCUT2D eigenvalue weighted by Gasteiger charge is -2.27. The van der Waals surface area contributed by atoms with Crippen molar-refractivity contribution in [1.29, 1.82) is 0 Å². The standard InChI is InChI=1S/C24H26N2O3/c1-18(2)26(24(27)25-20-12-14-21(28-3)15-13-20)17-19-8-7-11-23(16-19)29-22-9-5-4-6-10-22/h4-16,18H,17H2,1-3H3,(H,25,27). The van der Waals surface area contributed by atoms with E-state index in [0.29, 0.717) is 6.54 Å². The third kappa shape index (κ3) is 5.75. The summed E-state index contributed by atoms with van der Waals surface area (Å²) in [4.78, 5) is 14.6. The predicted octanol–water partition coefficient (Wildman–Crippen LogP) is 5.93. The average Bonchev–Trinajstić information content (AvgIpc) is 2.73. The van der Waals surface area contributed by atoms with E-state index in [1.807, 2.05) is 92.7 Å². The van der Waals surface area contributed by atoms with E-state index in [0.717, 1.165) is 28.5 Å². The number of methoxy groups -OCH3 is 1. The Bertz CT molecular complexity index is 924. The molecule has 29 heavy (non-hydrogen) atoms. The summed E-state index contributed by atoms with van der Waals surface area (Å²) >= 11 is 0. The normalized spacial score (nSPS) is 10.5. The van der Waals surface area contributed by atoms with Gasteiger partial charge in [-0.1, -0.05) is 30.3 Å². The molecule has 1 N–H and O–H groups in total. The van der Waals surface area contributed by atoms with Crippen molar-refractivity contribution in [1.82, 2.24) is 4.90 Å². The zero-order valence-electron chi connectivity index (χ0n) is 17.0. The number of hydrogen-bond donors (Lipinski definition) is 1. The minimum absolute atomic E-state index is 0.0342. The molecule has 0 radical (unpaired) electrons. The molecule has 2 amide bonds. The topological polar surface area (TPSA) is 50.8 Å². The zero-order chi connectivity index (χ0) is 20.6. The quantitative estimate of drug-likeness (QED) is 0.544. The number of para-hydroxylation sites is 1. The molecule has 0 unspecified atom stereocenters. The summed E-state index contributed by atoms with van der Waals surface area (Å²) < 4.78 is 11.1. The van der Waals surface area contributed by atoms with Gasteiger partial charge in [0.15, 0.2) is 0 Å². The summed E-state index contributed by atoms with van der Waals surface area (Å²) in [6.45, 7) is 4.47. The summed E-state index contributed by atoms with van der Waals surface area (Å²) in [6, 6.07) is 24.6. The Morgan fingerprint density at radius 1 is 0.897 bits per heavy atom. The summed E-state index contributed by atoms with van der Waals surface area (Å²) in [5.41, 5.74) is 1.72. The van der Waals surface area contributed by atoms with Crippen LogP contribution < -0.4 is 14.8 Å². The minimum Gasteiger partial charge on any atom is -0.497 e. The van der Waals surface area contributed by atoms with Gasteiger partial charge in [0.25, 0.3) is 0 Å². The lowest BCUT2D eigenvalue weighted by molar-refractivity contribution is 0.193. The first kappa shape index (κ1) is 20.3. The van der Waals surface area contributed by atoms with Gasteiger partial charge in [0.2, 0.25) is 0 Å². The van der Waals surface area contributed by atoms with E-state index in [-0.39, 0.29) is 12.1 Å². The van der Waals surface area contributed by atoms with Gasteiger partial charge in [-0.2, -0.15) is 0 Å². The van der Waals surface area contributed by atoms with Crippen LogP contribution in [0.4, 0.5) is 10.5 Å². The van der Waals surface area contributed by atoms with Crippen LogP contribution in [0.1, 0.15) is 19.4 Å². The second kappa shape index (κ2) is 9.64. The molecule has 0 atom stereocenters. The molecule has 0 aliphatic carbocycles. The van der Waals surface area contributed by atoms with E-state index >= 15 is 0 Å². The Morgan fingerprint density at radius 2 is 1.59 bits per heavy atom. The van der Waals surface area contributed by atoms with Crippen molar-refractivity contribution < 1.29 is 14.3 Å². The molecule has 5 heteroatoms. The second-order valence-corrected chi connectivity index (χ2v) is 6.94. The van der Waals surface area contributed by atoms with Gasteiger partial charge in [-0.3, -0.25) is 0 Å². The number of nitrogens with zero attached hydrogens (tertiary/aromatic N) is 1. The minimum atomic E-state index is -0.153. The SMILES string of the molecule is COc1ccc(NC(=O)N(Cc2cccc(Oc3ccccc3)c2)C(C)C)cc1. The van der Waals surface area contributed by atoms with Crippen LogP contribution in [0.25, 0.3) is 0 Å². The van der Waals surface area contributed by atoms with Crippen LogP contribution in [0.15, 0.2) is 78.9 Å². The molecule has 3 aromatic rings. The van der Waals surface area contributed by atoms with Crippen molar-refractivity contribution in [3.05, 3.63) is 84.4 Å². The molecule has 3 aromatic carbocycles. The van der Waals surface area contributed by atoms with Crippen LogP contribution in [-0.4, -0.2) is 24.1 Å². The van der Waals surface area contributed by atoms with Gasteiger partial charge in [-0.15, -0.1) is 0 Å². The molecule has 0 saturated carbocycles. The summed E-state index contributed by atoms with van der Waals surface area (Å²) in [5.74, 6) is 2.27. The van der Waals surface area contributed by atoms with Crippen LogP contribution in [0.2, 0.25) is 0 Å². The molecule has 0 saturated heterocycles. The highest BCUT2D eigenvalue weighted by Gasteiger charge is 2.18. The number of anilines is 1. The fourth-order valence-electron chi connectivity index (χ4n) is 2.89. The van der Waals surface area contributed by atoms with E-state index in [1.54, 1.807) is 12.0 Å². The molecular weight excluding hydrogens is 364 g/mol. The number of amides is 2. The van der Waals surface area contributed by atoms with Crippen molar-refractivity contribution in [2.45, 2.75) is 26.4 Å². The Hall–Kier alpha value is -3.47. The maximum absolute atomic E-state index is 12.8. The van der Waals surface area contributed by atoms with Gasteiger partial charge in [-0.05, 0) is 67.9 Å². The maximum atomic E-state index is 12.8. The average molecular weight is 390 g/mol. The number of urea groups is 1. The number of ether oxygens (including phenoxy) is 2. The molecule has 3 rings (SSSR count). The van der Waals surface area contributed by atoms with Gasteiger partial charge in [0.05, 0.1) is 7.11 Å². The summed E-state index contributed by atoms with van der Waals surface area (Å²) in [5, 5.41) is 2.95. The molecule has 0 spiro atoms. The number of carbonyl (C=O) groups is 1. The number of rotatable bonds is 7. The maximum Gasteiger partial charge on any atom is 0.322 e. The van der Waals surface area contributed by atoms with Crippen molar-refractivity contribution in [3.63, 3.8) is 0 Å². The van der Waals surface area contributed by atoms with Crippen LogP contribution in [0, 0.1) is 0 Å². The Kier molecular flexibility index (Phi) is 6.74. The second-order valence-electron chi connectivity index (χ2n) is 6.94. The van der Waals surface area contributed by atoms with Crippen LogP contribution in [0.3, 0.4) is 0 Å². The third-order valence-electron chi connectivity index (χ3n) is 4.46. The van der Waals surface area contributed by atoms with Crippen molar-refractivity contribution in [2.24, 2.45) is 0 Å². The van der Waals surface area contributed by atoms with Crippen LogP contribution in [-0.2, 0) is 6.54 Å². The van der Waals surface area contributed by atoms with Crippen LogP contribution in [0.5, 0.6) is 17.2 Å². The number of carbonyl (C=O) groups excluding carboxylic acids is 1. The number of hydrogen-bond acceptors (Lipinski definition) is 3. The molecule has 0 aliphatic rings. The van der Waals surface area contributed by atoms with Crippen LogP contribution >= 0.6 is 0 Å². The van der Waals surface area contributed by atoms with Gasteiger partial charge >= 0.3 is 6.03 Å². The smallest absolute Gasteiger partial charge is 0.322 e. The summed E-state index contributed by atoms with van der Waals surface area (Å²) in [7, 11) is 1.61. The highest BCUT2D eigenvalue weighted by atomic mass is 16.5. The van der Waals surface area contributed by atoms with Crippen molar-refractivity contribution in [3.8, 4) is 17.2 Å². The van der Waals surface area contributed by atoms with Gasteiger partial charge < -0.3 is 19.7 Å². The highest BCUT2D eigenvalue weighted by Crippen LogP contribution is 2.23. The molecule has 0 heterocycles. The first-order valence-electron chi connectivity index (χ1n) is 9.58. The molecule has 150 valence electrons. The summed E-state index contributed by atoms with van der Waals surface area (Å²) in [6.07, 6.45) is 0. The first-order valence-corrected chi connectivity index (χ1v) is 9.58. The molecular formula is C24H26N2O3. The predicted molar refractivity (Wildman–Crippen MR) is 116 cm³/mol. The Labute approximate surface area is 171 Å². The van der Waals surface area contributed by atoms with Gasteiger partial charge in [-0.25, -0.2) is 4.79 Å². The van der Waals surface area contributed by atoms with Crippen molar-refractivity contribution >= 4 is 11.7 Å². The number of nitrogens with one attached hydrogen (secondary N) is 1. The molecule has 0 aromatic heterocycles. The van der Waals surface area contributed by atoms with Crippen molar-refractivity contribution in [2.75, 3.05) is 12.4 Å². The van der Waals surface area contributed by atoms with E-state index < -0.39 is 0 Å². The largest absolute Gasteiger partial charge is 0.497 e. The fourth-order valence-corrected chi connectivity index (χ4v) is 2.89. The molecule has 5 nitrogen and oxygen atoms in total. The molecule has 0 bridgehead atoms. The van der Waals surface area contributed by atoms with E-state index in [2.05, 4.69) is 5.32 Å². The monoisotopic (exact) mass is 390 g/mol. The van der Waals surface area contributed by atoms with E-state index in [1.165, 1.54) is 0 Å². The lowest BCUT2D eigenvalue weighted by Crippen LogP contribution is -2.39. The highest BCUT2D eigenvalue weighted by molar-refractivity contribution is 5.89. The third-order valence-corrected chi connectivity index (χ3v) is 4.46. The zero-order valence-corrected chi connectivity index (χ0v) is 17.0. The Balaban J connectivity index is 1.69. The number of benzene rings is 3. The molecule has 0 aliphatic heterocycles. The molecule has 0 fully saturated rings. The Morgan fingerprint density at radius 3 is 2.24 bits per heavy atom. The van der Waals surface area contributed by atoms with Gasteiger partial charge in [0, 0.05) is 18.3 Å². The van der Waals surface area contributed by atoms with E-state index in [9.17, 15) is 4.79 Å². The first-order chi connectivity index (χ1) is 14.0. The van der Waals surface area contributed by atoms with Gasteiger partial charge in [0.1, 0.15) is 17.2 Å². The van der Waals surface area contributed by atoms with E-state index in [4.69, 9.17) is 9.47 Å².